The smallest absolute Gasteiger partial charge is 0.0354 e. The largest absolute Gasteiger partial charge is 0.0654 e. The molecule has 3 atom stereocenters. The van der Waals surface area contributed by atoms with Crippen LogP contribution in [0.3, 0.4) is 0 Å². The molecule has 0 heterocycles. The van der Waals surface area contributed by atoms with Crippen LogP contribution in [0.25, 0.3) is 0 Å². The predicted octanol–water partition coefficient (Wildman–Crippen LogP) is 5.13. The Hall–Kier alpha value is 0. The van der Waals surface area contributed by atoms with E-state index in [1.54, 1.807) is 0 Å². The topological polar surface area (TPSA) is 0 Å². The second-order valence-electron chi connectivity index (χ2n) is 5.99. The van der Waals surface area contributed by atoms with Crippen molar-refractivity contribution in [1.82, 2.24) is 0 Å². The molecule has 0 aliphatic heterocycles. The van der Waals surface area contributed by atoms with Crippen molar-refractivity contribution in [2.75, 3.05) is 0 Å². The van der Waals surface area contributed by atoms with Crippen LogP contribution in [0.5, 0.6) is 0 Å². The minimum Gasteiger partial charge on any atom is -0.0654 e. The van der Waals surface area contributed by atoms with Crippen molar-refractivity contribution in [2.24, 2.45) is 23.2 Å². The van der Waals surface area contributed by atoms with E-state index in [0.29, 0.717) is 5.41 Å². The van der Waals surface area contributed by atoms with Crippen LogP contribution < -0.4 is 0 Å². The van der Waals surface area contributed by atoms with Gasteiger partial charge in [-0.1, -0.05) is 67.7 Å². The Bertz CT molecular complexity index is 141. The monoisotopic (exact) mass is 198 g/mol. The van der Waals surface area contributed by atoms with Crippen molar-refractivity contribution in [1.29, 1.82) is 0 Å². The van der Waals surface area contributed by atoms with Gasteiger partial charge in [-0.05, 0) is 23.2 Å². The van der Waals surface area contributed by atoms with Crippen molar-refractivity contribution in [2.45, 2.75) is 67.7 Å². The SMILES string of the molecule is CCCC(C(C)CC)C(C)C(C)(C)C. The fourth-order valence-corrected chi connectivity index (χ4v) is 2.31. The van der Waals surface area contributed by atoms with Crippen molar-refractivity contribution in [3.63, 3.8) is 0 Å². The highest BCUT2D eigenvalue weighted by Gasteiger charge is 2.30. The van der Waals surface area contributed by atoms with Crippen LogP contribution >= 0.6 is 0 Å². The van der Waals surface area contributed by atoms with Gasteiger partial charge in [0.05, 0.1) is 0 Å². The molecule has 86 valence electrons. The summed E-state index contributed by atoms with van der Waals surface area (Å²) in [5, 5.41) is 0. The van der Waals surface area contributed by atoms with Crippen LogP contribution in [-0.4, -0.2) is 0 Å². The highest BCUT2D eigenvalue weighted by atomic mass is 14.4. The van der Waals surface area contributed by atoms with Crippen LogP contribution in [0.15, 0.2) is 0 Å². The van der Waals surface area contributed by atoms with E-state index in [9.17, 15) is 0 Å². The van der Waals surface area contributed by atoms with Crippen molar-refractivity contribution in [3.8, 4) is 0 Å². The summed E-state index contributed by atoms with van der Waals surface area (Å²) in [7, 11) is 0. The molecule has 0 aliphatic rings. The molecular formula is C14H30. The van der Waals surface area contributed by atoms with Gasteiger partial charge in [-0.2, -0.15) is 0 Å². The first kappa shape index (κ1) is 14.0. The fourth-order valence-electron chi connectivity index (χ4n) is 2.31. The van der Waals surface area contributed by atoms with Gasteiger partial charge in [0.25, 0.3) is 0 Å². The van der Waals surface area contributed by atoms with E-state index in [-0.39, 0.29) is 0 Å². The molecule has 0 spiro atoms. The van der Waals surface area contributed by atoms with Crippen molar-refractivity contribution in [3.05, 3.63) is 0 Å². The molecule has 0 aromatic heterocycles. The normalized spacial score (nSPS) is 19.1. The number of hydrogen-bond donors (Lipinski definition) is 0. The first-order chi connectivity index (χ1) is 6.34. The van der Waals surface area contributed by atoms with E-state index in [1.165, 1.54) is 19.3 Å². The van der Waals surface area contributed by atoms with Gasteiger partial charge in [-0.25, -0.2) is 0 Å². The summed E-state index contributed by atoms with van der Waals surface area (Å²) in [6.07, 6.45) is 4.05. The van der Waals surface area contributed by atoms with Gasteiger partial charge < -0.3 is 0 Å². The first-order valence-electron chi connectivity index (χ1n) is 6.34. The Morgan fingerprint density at radius 2 is 1.50 bits per heavy atom. The van der Waals surface area contributed by atoms with E-state index in [0.717, 1.165) is 17.8 Å². The summed E-state index contributed by atoms with van der Waals surface area (Å²) in [4.78, 5) is 0. The molecule has 0 aliphatic carbocycles. The van der Waals surface area contributed by atoms with Crippen molar-refractivity contribution < 1.29 is 0 Å². The zero-order chi connectivity index (χ0) is 11.4. The Morgan fingerprint density at radius 3 is 1.79 bits per heavy atom. The number of rotatable bonds is 5. The Balaban J connectivity index is 4.48. The molecule has 0 aromatic carbocycles. The maximum Gasteiger partial charge on any atom is -0.0354 e. The molecular weight excluding hydrogens is 168 g/mol. The van der Waals surface area contributed by atoms with Gasteiger partial charge >= 0.3 is 0 Å². The summed E-state index contributed by atoms with van der Waals surface area (Å²) in [6, 6.07) is 0. The summed E-state index contributed by atoms with van der Waals surface area (Å²) in [6.45, 7) is 16.6. The summed E-state index contributed by atoms with van der Waals surface area (Å²) >= 11 is 0. The van der Waals surface area contributed by atoms with E-state index in [1.807, 2.05) is 0 Å². The Kier molecular flexibility index (Phi) is 5.78. The predicted molar refractivity (Wildman–Crippen MR) is 66.5 cm³/mol. The molecule has 0 saturated heterocycles. The first-order valence-corrected chi connectivity index (χ1v) is 6.34. The third-order valence-electron chi connectivity index (χ3n) is 4.01. The van der Waals surface area contributed by atoms with Crippen LogP contribution in [0, 0.1) is 23.2 Å². The third kappa shape index (κ3) is 4.02. The van der Waals surface area contributed by atoms with E-state index >= 15 is 0 Å². The molecule has 14 heavy (non-hydrogen) atoms. The minimum atomic E-state index is 0.462. The van der Waals surface area contributed by atoms with Crippen LogP contribution in [0.1, 0.15) is 67.7 Å². The molecule has 0 heteroatoms. The van der Waals surface area contributed by atoms with Gasteiger partial charge in [0.15, 0.2) is 0 Å². The van der Waals surface area contributed by atoms with Gasteiger partial charge in [0.2, 0.25) is 0 Å². The van der Waals surface area contributed by atoms with Crippen LogP contribution in [0.4, 0.5) is 0 Å². The molecule has 0 saturated carbocycles. The van der Waals surface area contributed by atoms with E-state index < -0.39 is 0 Å². The second-order valence-corrected chi connectivity index (χ2v) is 5.99. The lowest BCUT2D eigenvalue weighted by Crippen LogP contribution is -2.29. The van der Waals surface area contributed by atoms with Crippen LogP contribution in [-0.2, 0) is 0 Å². The molecule has 0 fully saturated rings. The lowest BCUT2D eigenvalue weighted by Gasteiger charge is -2.37. The van der Waals surface area contributed by atoms with Crippen LogP contribution in [0.2, 0.25) is 0 Å². The molecule has 0 bridgehead atoms. The zero-order valence-electron chi connectivity index (χ0n) is 11.4. The lowest BCUT2D eigenvalue weighted by molar-refractivity contribution is 0.121. The molecule has 0 rings (SSSR count). The average molecular weight is 198 g/mol. The van der Waals surface area contributed by atoms with E-state index in [2.05, 4.69) is 48.5 Å². The highest BCUT2D eigenvalue weighted by Crippen LogP contribution is 2.38. The van der Waals surface area contributed by atoms with Gasteiger partial charge in [-0.15, -0.1) is 0 Å². The van der Waals surface area contributed by atoms with Gasteiger partial charge in [0.1, 0.15) is 0 Å². The fraction of sp³-hybridized carbons (Fsp3) is 1.00. The van der Waals surface area contributed by atoms with Crippen molar-refractivity contribution >= 4 is 0 Å². The minimum absolute atomic E-state index is 0.462. The Morgan fingerprint density at radius 1 is 1.00 bits per heavy atom. The quantitative estimate of drug-likeness (QED) is 0.574. The molecule has 0 amide bonds. The maximum atomic E-state index is 2.44. The summed E-state index contributed by atoms with van der Waals surface area (Å²) in [5.41, 5.74) is 0.462. The Labute approximate surface area is 91.5 Å². The lowest BCUT2D eigenvalue weighted by atomic mass is 9.68. The highest BCUT2D eigenvalue weighted by molar-refractivity contribution is 4.79. The van der Waals surface area contributed by atoms with Gasteiger partial charge in [0, 0.05) is 0 Å². The zero-order valence-corrected chi connectivity index (χ0v) is 11.4. The molecule has 0 N–H and O–H groups in total. The maximum absolute atomic E-state index is 2.44. The van der Waals surface area contributed by atoms with E-state index in [4.69, 9.17) is 0 Å². The summed E-state index contributed by atoms with van der Waals surface area (Å²) < 4.78 is 0. The average Bonchev–Trinajstić information content (AvgIpc) is 2.10. The molecule has 0 aromatic rings. The second kappa shape index (κ2) is 5.78. The third-order valence-corrected chi connectivity index (χ3v) is 4.01. The molecule has 0 nitrogen and oxygen atoms in total. The summed E-state index contributed by atoms with van der Waals surface area (Å²) in [5.74, 6) is 2.62. The number of hydrogen-bond acceptors (Lipinski definition) is 0. The molecule has 3 unspecified atom stereocenters. The standard InChI is InChI=1S/C14H30/c1-8-10-13(11(3)9-2)12(4)14(5,6)7/h11-13H,8-10H2,1-7H3. The van der Waals surface area contributed by atoms with Gasteiger partial charge in [-0.3, -0.25) is 0 Å². The molecule has 0 radical (unpaired) electrons.